The maximum absolute atomic E-state index is 14.6. The number of fused-ring (bicyclic) bond motifs is 4. The first kappa shape index (κ1) is 36.3. The molecule has 53 heavy (non-hydrogen) atoms. The highest BCUT2D eigenvalue weighted by molar-refractivity contribution is 7.92. The van der Waals surface area contributed by atoms with Crippen molar-refractivity contribution in [3.63, 3.8) is 0 Å². The minimum atomic E-state index is -3.53. The second-order valence-corrected chi connectivity index (χ2v) is 18.5. The number of amides is 2. The molecule has 8 rings (SSSR count). The van der Waals surface area contributed by atoms with Crippen molar-refractivity contribution in [1.29, 1.82) is 0 Å². The molecule has 1 aromatic heterocycles. The van der Waals surface area contributed by atoms with E-state index in [4.69, 9.17) is 21.1 Å². The Balaban J connectivity index is 1.19. The molecule has 282 valence electrons. The Morgan fingerprint density at radius 3 is 2.81 bits per heavy atom. The van der Waals surface area contributed by atoms with Crippen LogP contribution in [0.15, 0.2) is 65.3 Å². The lowest BCUT2D eigenvalue weighted by Gasteiger charge is -2.46. The first-order chi connectivity index (χ1) is 25.6. The quantitative estimate of drug-likeness (QED) is 0.261. The summed E-state index contributed by atoms with van der Waals surface area (Å²) in [5, 5.41) is 4.94. The smallest absolute Gasteiger partial charge is 0.286 e. The van der Waals surface area contributed by atoms with Crippen molar-refractivity contribution in [2.24, 2.45) is 28.0 Å². The van der Waals surface area contributed by atoms with Crippen LogP contribution in [0.5, 0.6) is 5.75 Å². The molecule has 3 aromatic rings. The maximum Gasteiger partial charge on any atom is 0.286 e. The molecule has 2 bridgehead atoms. The lowest BCUT2D eigenvalue weighted by molar-refractivity contribution is -0.0182. The van der Waals surface area contributed by atoms with Crippen molar-refractivity contribution >= 4 is 39.0 Å². The van der Waals surface area contributed by atoms with Gasteiger partial charge in [-0.3, -0.25) is 19.0 Å². The first-order valence-corrected chi connectivity index (χ1v) is 21.4. The molecule has 2 fully saturated rings. The van der Waals surface area contributed by atoms with Crippen LogP contribution in [-0.4, -0.2) is 64.0 Å². The number of hydrogen-bond donors (Lipinski definition) is 1. The third-order valence-corrected chi connectivity index (χ3v) is 14.2. The summed E-state index contributed by atoms with van der Waals surface area (Å²) in [5.74, 6) is 0.797. The molecule has 2 amide bonds. The maximum atomic E-state index is 14.6. The van der Waals surface area contributed by atoms with E-state index < -0.39 is 21.7 Å². The predicted molar refractivity (Wildman–Crippen MR) is 207 cm³/mol. The lowest BCUT2D eigenvalue weighted by atomic mass is 9.68. The highest BCUT2D eigenvalue weighted by Crippen LogP contribution is 2.47. The van der Waals surface area contributed by atoms with Gasteiger partial charge in [0.15, 0.2) is 0 Å². The van der Waals surface area contributed by atoms with Crippen LogP contribution in [0.3, 0.4) is 0 Å². The van der Waals surface area contributed by atoms with Crippen LogP contribution in [0.2, 0.25) is 5.02 Å². The summed E-state index contributed by atoms with van der Waals surface area (Å²) in [6, 6.07) is 11.7. The molecule has 2 aliphatic heterocycles. The van der Waals surface area contributed by atoms with Crippen molar-refractivity contribution in [3.05, 3.63) is 88.2 Å². The molecule has 6 atom stereocenters. The van der Waals surface area contributed by atoms with E-state index in [0.717, 1.165) is 62.5 Å². The summed E-state index contributed by atoms with van der Waals surface area (Å²) in [4.78, 5) is 29.9. The van der Waals surface area contributed by atoms with Crippen molar-refractivity contribution < 1.29 is 23.3 Å². The summed E-state index contributed by atoms with van der Waals surface area (Å²) < 4.78 is 36.6. The number of aromatic nitrogens is 2. The topological polar surface area (TPSA) is 115 Å². The van der Waals surface area contributed by atoms with Crippen molar-refractivity contribution in [2.75, 3.05) is 37.0 Å². The Hall–Kier alpha value is -3.67. The van der Waals surface area contributed by atoms with Gasteiger partial charge in [-0.25, -0.2) is 4.21 Å². The molecule has 1 N–H and O–H groups in total. The van der Waals surface area contributed by atoms with Crippen LogP contribution in [0, 0.1) is 23.7 Å². The number of carbonyl (C=O) groups excluding carboxylic acids is 2. The van der Waals surface area contributed by atoms with E-state index in [2.05, 4.69) is 43.4 Å². The van der Waals surface area contributed by atoms with E-state index in [1.54, 1.807) is 16.9 Å². The number of ether oxygens (including phenoxy) is 2. The van der Waals surface area contributed by atoms with Gasteiger partial charge in [0.25, 0.3) is 11.8 Å². The summed E-state index contributed by atoms with van der Waals surface area (Å²) in [6.07, 6.45) is 15.6. The van der Waals surface area contributed by atoms with Gasteiger partial charge in [0.2, 0.25) is 0 Å². The van der Waals surface area contributed by atoms with Crippen LogP contribution in [0.1, 0.15) is 90.6 Å². The van der Waals surface area contributed by atoms with E-state index in [1.807, 2.05) is 32.0 Å². The molecule has 3 aliphatic carbocycles. The molecule has 3 heterocycles. The van der Waals surface area contributed by atoms with Crippen LogP contribution in [0.4, 0.5) is 5.69 Å². The van der Waals surface area contributed by atoms with Crippen molar-refractivity contribution in [1.82, 2.24) is 14.5 Å². The highest BCUT2D eigenvalue weighted by Gasteiger charge is 2.45. The predicted octanol–water partition coefficient (Wildman–Crippen LogP) is 7.40. The van der Waals surface area contributed by atoms with E-state index in [1.165, 1.54) is 30.2 Å². The van der Waals surface area contributed by atoms with E-state index >= 15 is 0 Å². The Bertz CT molecular complexity index is 2040. The van der Waals surface area contributed by atoms with Crippen LogP contribution in [-0.2, 0) is 33.0 Å². The van der Waals surface area contributed by atoms with Crippen LogP contribution < -0.4 is 14.4 Å². The number of rotatable bonds is 6. The Labute approximate surface area is 317 Å². The number of carbonyl (C=O) groups is 2. The number of allylic oxidation sites excluding steroid dienone is 1. The van der Waals surface area contributed by atoms with Crippen molar-refractivity contribution in [2.45, 2.75) is 83.3 Å². The third-order valence-electron chi connectivity index (χ3n) is 11.9. The Morgan fingerprint density at radius 2 is 2.04 bits per heavy atom. The van der Waals surface area contributed by atoms with Crippen molar-refractivity contribution in [3.8, 4) is 5.75 Å². The van der Waals surface area contributed by atoms with Crippen LogP contribution in [0.25, 0.3) is 0 Å². The number of benzene rings is 2. The minimum Gasteiger partial charge on any atom is -0.490 e. The van der Waals surface area contributed by atoms with Gasteiger partial charge >= 0.3 is 0 Å². The van der Waals surface area contributed by atoms with E-state index in [0.29, 0.717) is 48.6 Å². The lowest BCUT2D eigenvalue weighted by Crippen LogP contribution is -2.49. The molecule has 2 aromatic carbocycles. The number of nitrogens with zero attached hydrogens (tertiary/aromatic N) is 4. The summed E-state index contributed by atoms with van der Waals surface area (Å²) >= 11 is 6.49. The SMILES string of the molecule is CCn1cc(C(=O)NS2(=O)=NC(=O)c3ccc4c(c3)N(C[C@@H]3CC[C@H]3[C@@H](OCC3CC3)/C=C/C[C@H](C)C2)C[C@@]2(CCCc3cc(Cl)ccc32)CO4)cn1. The fraction of sp³-hybridized carbons (Fsp3) is 0.537. The Morgan fingerprint density at radius 1 is 1.17 bits per heavy atom. The second-order valence-electron chi connectivity index (χ2n) is 16.0. The summed E-state index contributed by atoms with van der Waals surface area (Å²) in [7, 11) is -3.53. The van der Waals surface area contributed by atoms with Gasteiger partial charge < -0.3 is 14.4 Å². The zero-order valence-electron chi connectivity index (χ0n) is 30.7. The standard InChI is InChI=1S/C41H50ClN5O5S/c1-3-47-22-32(20-43-47)40(49)45-53(50)24-27(2)6-4-8-37(51-23-28-9-10-28)34-14-11-31(34)21-46-25-41(17-5-7-29-18-33(42)13-15-35(29)41)26-52-38-16-12-30(19-36(38)46)39(48)44-53/h4,8,12-13,15-16,18-20,22,27-28,31,34,37H,3,5-7,9-11,14,17,21,23-26H2,1-2H3,(H,44,45,48,49,50)/b8-4+/t27-,31-,34+,37-,41-,53?/m0/s1. The third kappa shape index (κ3) is 7.80. The molecule has 10 nitrogen and oxygen atoms in total. The van der Waals surface area contributed by atoms with Crippen LogP contribution >= 0.6 is 11.6 Å². The number of hydrogen-bond acceptors (Lipinski definition) is 7. The zero-order chi connectivity index (χ0) is 36.7. The van der Waals surface area contributed by atoms with Gasteiger partial charge in [0, 0.05) is 41.8 Å². The second kappa shape index (κ2) is 14.9. The largest absolute Gasteiger partial charge is 0.490 e. The van der Waals surface area contributed by atoms with E-state index in [-0.39, 0.29) is 28.8 Å². The molecule has 0 saturated heterocycles. The molecule has 1 unspecified atom stereocenters. The minimum absolute atomic E-state index is 0.0135. The normalized spacial score (nSPS) is 30.5. The monoisotopic (exact) mass is 759 g/mol. The number of nitrogens with one attached hydrogen (secondary N) is 1. The molecular weight excluding hydrogens is 710 g/mol. The zero-order valence-corrected chi connectivity index (χ0v) is 32.2. The number of halogens is 1. The number of anilines is 1. The molecule has 5 aliphatic rings. The van der Waals surface area contributed by atoms with Gasteiger partial charge in [-0.2, -0.15) is 5.10 Å². The molecular formula is C41H50ClN5O5S. The van der Waals surface area contributed by atoms with Gasteiger partial charge in [-0.15, -0.1) is 4.36 Å². The highest BCUT2D eigenvalue weighted by atomic mass is 35.5. The van der Waals surface area contributed by atoms with Gasteiger partial charge in [0.1, 0.15) is 15.7 Å². The van der Waals surface area contributed by atoms with Gasteiger partial charge in [0.05, 0.1) is 42.5 Å². The van der Waals surface area contributed by atoms with Gasteiger partial charge in [-0.05, 0) is 123 Å². The first-order valence-electron chi connectivity index (χ1n) is 19.3. The molecule has 1 spiro atoms. The Kier molecular flexibility index (Phi) is 10.2. The molecule has 2 saturated carbocycles. The average molecular weight is 760 g/mol. The molecule has 0 radical (unpaired) electrons. The van der Waals surface area contributed by atoms with E-state index in [9.17, 15) is 13.8 Å². The fourth-order valence-corrected chi connectivity index (χ4v) is 10.8. The van der Waals surface area contributed by atoms with Gasteiger partial charge in [-0.1, -0.05) is 36.7 Å². The fourth-order valence-electron chi connectivity index (χ4n) is 8.68. The average Bonchev–Trinajstić information content (AvgIpc) is 3.85. The summed E-state index contributed by atoms with van der Waals surface area (Å²) in [5.41, 5.74) is 3.71. The summed E-state index contributed by atoms with van der Waals surface area (Å²) in [6.45, 7) is 7.30. The number of aryl methyl sites for hydroxylation is 2. The molecule has 12 heteroatoms.